The molecule has 0 aliphatic rings. The minimum absolute atomic E-state index is 0.0363. The van der Waals surface area contributed by atoms with E-state index in [4.69, 9.17) is 4.74 Å². The smallest absolute Gasteiger partial charge is 0.435 e. The molecule has 2 heterocycles. The first kappa shape index (κ1) is 22.2. The Hall–Kier alpha value is -4.03. The average molecular weight is 469 g/mol. The normalized spacial score (nSPS) is 12.2. The second-order valence-electron chi connectivity index (χ2n) is 6.77. The largest absolute Gasteiger partial charge is 0.504 e. The van der Waals surface area contributed by atoms with Gasteiger partial charge in [0.25, 0.3) is 0 Å². The van der Waals surface area contributed by atoms with Crippen LogP contribution in [0.5, 0.6) is 11.5 Å². The van der Waals surface area contributed by atoms with Crippen LogP contribution in [-0.2, 0) is 12.4 Å². The van der Waals surface area contributed by atoms with Crippen molar-refractivity contribution < 1.29 is 36.2 Å². The van der Waals surface area contributed by atoms with E-state index >= 15 is 0 Å². The van der Waals surface area contributed by atoms with Crippen LogP contribution >= 0.6 is 0 Å². The summed E-state index contributed by atoms with van der Waals surface area (Å²) in [5.41, 5.74) is -2.09. The molecule has 0 aliphatic carbocycles. The molecule has 0 aliphatic heterocycles. The Labute approximate surface area is 181 Å². The maximum absolute atomic E-state index is 13.2. The molecule has 0 radical (unpaired) electrons. The Balaban J connectivity index is 1.66. The second kappa shape index (κ2) is 7.83. The van der Waals surface area contributed by atoms with Gasteiger partial charge < -0.3 is 9.84 Å². The van der Waals surface area contributed by atoms with Crippen LogP contribution in [0.1, 0.15) is 11.4 Å². The molecule has 33 heavy (non-hydrogen) atoms. The highest BCUT2D eigenvalue weighted by Crippen LogP contribution is 2.36. The van der Waals surface area contributed by atoms with Gasteiger partial charge in [-0.2, -0.15) is 31.4 Å². The van der Waals surface area contributed by atoms with Crippen LogP contribution in [0.15, 0.2) is 54.7 Å². The summed E-state index contributed by atoms with van der Waals surface area (Å²) in [6, 6.07) is 9.61. The summed E-state index contributed by atoms with van der Waals surface area (Å²) in [5, 5.41) is 20.7. The summed E-state index contributed by atoms with van der Waals surface area (Å²) in [6.07, 6.45) is -8.54. The van der Waals surface area contributed by atoms with Crippen molar-refractivity contribution in [3.05, 3.63) is 66.1 Å². The molecule has 0 amide bonds. The molecule has 7 nitrogen and oxygen atoms in total. The molecule has 4 rings (SSSR count). The van der Waals surface area contributed by atoms with Crippen molar-refractivity contribution >= 4 is 0 Å². The van der Waals surface area contributed by atoms with Crippen LogP contribution in [0, 0.1) is 0 Å². The fraction of sp³-hybridized carbons (Fsp3) is 0.150. The number of aromatic nitrogens is 5. The van der Waals surface area contributed by atoms with Crippen molar-refractivity contribution in [2.45, 2.75) is 12.4 Å². The lowest BCUT2D eigenvalue weighted by molar-refractivity contribution is -0.143. The van der Waals surface area contributed by atoms with Crippen molar-refractivity contribution in [2.75, 3.05) is 7.11 Å². The lowest BCUT2D eigenvalue weighted by Gasteiger charge is -2.10. The first-order valence-corrected chi connectivity index (χ1v) is 9.12. The fourth-order valence-corrected chi connectivity index (χ4v) is 3.02. The van der Waals surface area contributed by atoms with E-state index < -0.39 is 23.7 Å². The van der Waals surface area contributed by atoms with Gasteiger partial charge in [-0.25, -0.2) is 9.36 Å². The van der Waals surface area contributed by atoms with E-state index in [-0.39, 0.29) is 27.9 Å². The molecule has 2 aromatic carbocycles. The highest BCUT2D eigenvalue weighted by molar-refractivity contribution is 5.60. The third-order valence-electron chi connectivity index (χ3n) is 4.62. The van der Waals surface area contributed by atoms with Crippen molar-refractivity contribution in [2.24, 2.45) is 0 Å². The third-order valence-corrected chi connectivity index (χ3v) is 4.62. The maximum Gasteiger partial charge on any atom is 0.435 e. The quantitative estimate of drug-likeness (QED) is 0.432. The summed E-state index contributed by atoms with van der Waals surface area (Å²) in [6.45, 7) is 0. The predicted octanol–water partition coefficient (Wildman–Crippen LogP) is 4.87. The zero-order chi connectivity index (χ0) is 24.0. The van der Waals surface area contributed by atoms with E-state index in [1.165, 1.54) is 54.4 Å². The number of hydrogen-bond donors (Lipinski definition) is 1. The first-order valence-electron chi connectivity index (χ1n) is 9.12. The third kappa shape index (κ3) is 4.33. The van der Waals surface area contributed by atoms with Gasteiger partial charge in [-0.15, -0.1) is 5.10 Å². The fourth-order valence-electron chi connectivity index (χ4n) is 3.02. The number of alkyl halides is 6. The molecular weight excluding hydrogens is 456 g/mol. The Bertz CT molecular complexity index is 1290. The number of ether oxygens (including phenoxy) is 1. The monoisotopic (exact) mass is 469 g/mol. The van der Waals surface area contributed by atoms with Crippen molar-refractivity contribution in [1.82, 2.24) is 24.8 Å². The molecular formula is C20H13F6N5O2. The molecule has 0 atom stereocenters. The molecule has 1 N–H and O–H groups in total. The van der Waals surface area contributed by atoms with Gasteiger partial charge in [0.15, 0.2) is 17.2 Å². The van der Waals surface area contributed by atoms with E-state index in [0.717, 1.165) is 0 Å². The van der Waals surface area contributed by atoms with Gasteiger partial charge in [0.1, 0.15) is 11.4 Å². The summed E-state index contributed by atoms with van der Waals surface area (Å²) in [5.74, 6) is 0.148. The van der Waals surface area contributed by atoms with Gasteiger partial charge >= 0.3 is 12.4 Å². The van der Waals surface area contributed by atoms with Gasteiger partial charge in [-0.3, -0.25) is 0 Å². The number of halogens is 6. The molecule has 0 bridgehead atoms. The molecule has 0 unspecified atom stereocenters. The Morgan fingerprint density at radius 1 is 0.879 bits per heavy atom. The molecule has 2 aromatic heterocycles. The number of nitrogens with zero attached hydrogens (tertiary/aromatic N) is 5. The van der Waals surface area contributed by atoms with Gasteiger partial charge in [-0.1, -0.05) is 17.3 Å². The number of phenolic OH excluding ortho intramolecular Hbond substituents is 1. The van der Waals surface area contributed by atoms with E-state index in [1.807, 2.05) is 0 Å². The number of phenols is 1. The highest BCUT2D eigenvalue weighted by atomic mass is 19.4. The summed E-state index contributed by atoms with van der Waals surface area (Å²) < 4.78 is 85.1. The summed E-state index contributed by atoms with van der Waals surface area (Å²) in [7, 11) is 1.38. The van der Waals surface area contributed by atoms with Crippen LogP contribution in [0.3, 0.4) is 0 Å². The van der Waals surface area contributed by atoms with Crippen LogP contribution in [0.4, 0.5) is 26.3 Å². The second-order valence-corrected chi connectivity index (χ2v) is 6.77. The summed E-state index contributed by atoms with van der Waals surface area (Å²) in [4.78, 5) is 0. The summed E-state index contributed by atoms with van der Waals surface area (Å²) >= 11 is 0. The van der Waals surface area contributed by atoms with E-state index in [1.54, 1.807) is 6.07 Å². The van der Waals surface area contributed by atoms with Crippen molar-refractivity contribution in [3.63, 3.8) is 0 Å². The number of hydrogen-bond acceptors (Lipinski definition) is 5. The van der Waals surface area contributed by atoms with E-state index in [0.29, 0.717) is 16.9 Å². The van der Waals surface area contributed by atoms with Gasteiger partial charge in [0.2, 0.25) is 0 Å². The van der Waals surface area contributed by atoms with E-state index in [9.17, 15) is 31.4 Å². The van der Waals surface area contributed by atoms with Crippen molar-refractivity contribution in [1.29, 1.82) is 0 Å². The molecule has 0 saturated carbocycles. The van der Waals surface area contributed by atoms with Crippen LogP contribution in [-0.4, -0.2) is 37.0 Å². The SMILES string of the molecule is COc1cc(-n2cc(-c3ccc(-n4nc(C(F)(F)F)cc4C(F)(F)F)cc3)nn2)ccc1O. The van der Waals surface area contributed by atoms with Gasteiger partial charge in [-0.05, 0) is 24.3 Å². The average Bonchev–Trinajstić information content (AvgIpc) is 3.42. The number of benzene rings is 2. The van der Waals surface area contributed by atoms with Crippen LogP contribution < -0.4 is 4.74 Å². The van der Waals surface area contributed by atoms with Gasteiger partial charge in [0, 0.05) is 17.7 Å². The zero-order valence-corrected chi connectivity index (χ0v) is 16.6. The van der Waals surface area contributed by atoms with Crippen LogP contribution in [0.2, 0.25) is 0 Å². The Morgan fingerprint density at radius 2 is 1.55 bits per heavy atom. The molecule has 172 valence electrons. The topological polar surface area (TPSA) is 78.0 Å². The Morgan fingerprint density at radius 3 is 2.15 bits per heavy atom. The van der Waals surface area contributed by atoms with E-state index in [2.05, 4.69) is 15.4 Å². The minimum atomic E-state index is -5.04. The lowest BCUT2D eigenvalue weighted by Crippen LogP contribution is -2.13. The zero-order valence-electron chi connectivity index (χ0n) is 16.6. The van der Waals surface area contributed by atoms with Crippen LogP contribution in [0.25, 0.3) is 22.6 Å². The van der Waals surface area contributed by atoms with Crippen molar-refractivity contribution in [3.8, 4) is 34.1 Å². The highest BCUT2D eigenvalue weighted by Gasteiger charge is 2.42. The molecule has 0 saturated heterocycles. The molecule has 0 spiro atoms. The maximum atomic E-state index is 13.2. The number of methoxy groups -OCH3 is 1. The predicted molar refractivity (Wildman–Crippen MR) is 102 cm³/mol. The molecule has 0 fully saturated rings. The lowest BCUT2D eigenvalue weighted by atomic mass is 10.1. The minimum Gasteiger partial charge on any atom is -0.504 e. The standard InChI is InChI=1S/C20H13F6N5O2/c1-33-16-8-13(6-7-15(16)32)30-10-14(27-29-30)11-2-4-12(5-3-11)31-18(20(24,25)26)9-17(28-31)19(21,22)23/h2-10,32H,1H3. The molecule has 13 heteroatoms. The first-order chi connectivity index (χ1) is 15.5. The molecule has 4 aromatic rings. The Kier molecular flexibility index (Phi) is 5.26. The van der Waals surface area contributed by atoms with Gasteiger partial charge in [0.05, 0.1) is 24.7 Å². The number of rotatable bonds is 4. The number of aromatic hydroxyl groups is 1.